The quantitative estimate of drug-likeness (QED) is 0.434. The molecule has 0 saturated heterocycles. The molecule has 3 rings (SSSR count). The zero-order chi connectivity index (χ0) is 23.8. The van der Waals surface area contributed by atoms with Crippen LogP contribution in [0.5, 0.6) is 0 Å². The second-order valence-corrected chi connectivity index (χ2v) is 10.3. The van der Waals surface area contributed by atoms with Gasteiger partial charge in [-0.2, -0.15) is 4.31 Å². The van der Waals surface area contributed by atoms with Crippen molar-refractivity contribution in [3.63, 3.8) is 0 Å². The summed E-state index contributed by atoms with van der Waals surface area (Å²) in [4.78, 5) is 8.59. The molecule has 0 aliphatic carbocycles. The maximum atomic E-state index is 14.6. The van der Waals surface area contributed by atoms with E-state index in [2.05, 4.69) is 9.97 Å². The Bertz CT molecular complexity index is 1190. The van der Waals surface area contributed by atoms with Gasteiger partial charge in [0.2, 0.25) is 10.0 Å². The Balaban J connectivity index is 1.74. The molecule has 0 fully saturated rings. The van der Waals surface area contributed by atoms with Gasteiger partial charge in [-0.25, -0.2) is 22.8 Å². The summed E-state index contributed by atoms with van der Waals surface area (Å²) < 4.78 is 40.2. The van der Waals surface area contributed by atoms with Gasteiger partial charge in [0.1, 0.15) is 11.5 Å². The van der Waals surface area contributed by atoms with E-state index in [1.54, 1.807) is 18.2 Å². The Morgan fingerprint density at radius 2 is 1.82 bits per heavy atom. The van der Waals surface area contributed by atoms with Crippen LogP contribution in [0.15, 0.2) is 54.7 Å². The number of benzene rings is 2. The van der Waals surface area contributed by atoms with E-state index in [0.29, 0.717) is 42.3 Å². The van der Waals surface area contributed by atoms with Gasteiger partial charge < -0.3 is 5.73 Å². The molecule has 0 atom stereocenters. The molecule has 0 aliphatic heterocycles. The van der Waals surface area contributed by atoms with Crippen LogP contribution < -0.4 is 5.73 Å². The van der Waals surface area contributed by atoms with Crippen LogP contribution in [0.2, 0.25) is 5.02 Å². The van der Waals surface area contributed by atoms with Gasteiger partial charge in [-0.15, -0.1) is 0 Å². The minimum absolute atomic E-state index is 0.186. The second kappa shape index (κ2) is 11.7. The molecule has 3 aromatic rings. The smallest absolute Gasteiger partial charge is 0.211 e. The number of halogens is 2. The Hall–Kier alpha value is -2.39. The van der Waals surface area contributed by atoms with Gasteiger partial charge >= 0.3 is 0 Å². The molecule has 6 nitrogen and oxygen atoms in total. The predicted octanol–water partition coefficient (Wildman–Crippen LogP) is 4.22. The number of hydrogen-bond acceptors (Lipinski definition) is 5. The van der Waals surface area contributed by atoms with Crippen LogP contribution >= 0.6 is 11.6 Å². The van der Waals surface area contributed by atoms with Gasteiger partial charge in [0, 0.05) is 30.1 Å². The first kappa shape index (κ1) is 25.2. The lowest BCUT2D eigenvalue weighted by Crippen LogP contribution is -2.31. The lowest BCUT2D eigenvalue weighted by molar-refractivity contribution is 0.405. The average molecular weight is 491 g/mol. The molecule has 0 bridgehead atoms. The third-order valence-electron chi connectivity index (χ3n) is 5.19. The Morgan fingerprint density at radius 3 is 2.55 bits per heavy atom. The predicted molar refractivity (Wildman–Crippen MR) is 130 cm³/mol. The number of rotatable bonds is 11. The molecule has 33 heavy (non-hydrogen) atoms. The Kier molecular flexibility index (Phi) is 8.91. The first-order valence-electron chi connectivity index (χ1n) is 10.8. The minimum atomic E-state index is -3.39. The van der Waals surface area contributed by atoms with Crippen molar-refractivity contribution in [3.05, 3.63) is 82.5 Å². The third-order valence-corrected chi connectivity index (χ3v) is 6.67. The van der Waals surface area contributed by atoms with Crippen molar-refractivity contribution in [2.24, 2.45) is 5.73 Å². The minimum Gasteiger partial charge on any atom is -0.330 e. The topological polar surface area (TPSA) is 89.2 Å². The monoisotopic (exact) mass is 490 g/mol. The molecule has 1 heterocycles. The molecule has 0 radical (unpaired) electrons. The lowest BCUT2D eigenvalue weighted by Gasteiger charge is -2.20. The average Bonchev–Trinajstić information content (AvgIpc) is 2.77. The number of nitrogens with two attached hydrogens (primary N) is 1. The summed E-state index contributed by atoms with van der Waals surface area (Å²) in [7, 11) is -3.39. The highest BCUT2D eigenvalue weighted by Crippen LogP contribution is 2.23. The van der Waals surface area contributed by atoms with E-state index in [4.69, 9.17) is 17.3 Å². The number of sulfonamides is 1. The summed E-state index contributed by atoms with van der Waals surface area (Å²) >= 11 is 6.03. The summed E-state index contributed by atoms with van der Waals surface area (Å²) in [5, 5.41) is 0.699. The SMILES string of the molecule is CS(=O)(=O)N(CCCN)Cc1cccc(-c2nc(CCCc3cccc(Cl)c3)ncc2F)c1. The molecule has 2 aromatic carbocycles. The molecule has 9 heteroatoms. The van der Waals surface area contributed by atoms with Crippen LogP contribution in [0.4, 0.5) is 4.39 Å². The van der Waals surface area contributed by atoms with Crippen LogP contribution in [0.1, 0.15) is 29.8 Å². The van der Waals surface area contributed by atoms with Crippen molar-refractivity contribution in [2.45, 2.75) is 32.2 Å². The van der Waals surface area contributed by atoms with E-state index in [1.165, 1.54) is 16.8 Å². The highest BCUT2D eigenvalue weighted by molar-refractivity contribution is 7.88. The van der Waals surface area contributed by atoms with Crippen molar-refractivity contribution in [1.29, 1.82) is 0 Å². The fourth-order valence-corrected chi connectivity index (χ4v) is 4.58. The zero-order valence-electron chi connectivity index (χ0n) is 18.5. The van der Waals surface area contributed by atoms with Gasteiger partial charge in [0.05, 0.1) is 12.5 Å². The van der Waals surface area contributed by atoms with Crippen molar-refractivity contribution < 1.29 is 12.8 Å². The van der Waals surface area contributed by atoms with Crippen LogP contribution in [-0.2, 0) is 29.4 Å². The molecule has 0 unspecified atom stereocenters. The Labute approximate surface area is 199 Å². The van der Waals surface area contributed by atoms with Crippen molar-refractivity contribution in [3.8, 4) is 11.3 Å². The van der Waals surface area contributed by atoms with Gasteiger partial charge in [-0.3, -0.25) is 0 Å². The number of nitrogens with zero attached hydrogens (tertiary/aromatic N) is 3. The third kappa shape index (κ3) is 7.57. The van der Waals surface area contributed by atoms with E-state index in [-0.39, 0.29) is 12.2 Å². The highest BCUT2D eigenvalue weighted by Gasteiger charge is 2.17. The molecule has 0 saturated carbocycles. The van der Waals surface area contributed by atoms with Crippen LogP contribution in [0.25, 0.3) is 11.3 Å². The normalized spacial score (nSPS) is 11.8. The molecular weight excluding hydrogens is 463 g/mol. The number of aryl methyl sites for hydroxylation is 2. The summed E-state index contributed by atoms with van der Waals surface area (Å²) in [5.41, 5.74) is 8.19. The largest absolute Gasteiger partial charge is 0.330 e. The van der Waals surface area contributed by atoms with Gasteiger partial charge in [-0.1, -0.05) is 41.9 Å². The summed E-state index contributed by atoms with van der Waals surface area (Å²) in [6, 6.07) is 14.8. The fraction of sp³-hybridized carbons (Fsp3) is 0.333. The summed E-state index contributed by atoms with van der Waals surface area (Å²) in [6.45, 7) is 0.919. The second-order valence-electron chi connectivity index (χ2n) is 7.91. The fourth-order valence-electron chi connectivity index (χ4n) is 3.52. The van der Waals surface area contributed by atoms with Gasteiger partial charge in [0.15, 0.2) is 5.82 Å². The Morgan fingerprint density at radius 1 is 1.06 bits per heavy atom. The van der Waals surface area contributed by atoms with Crippen LogP contribution in [-0.4, -0.2) is 42.0 Å². The van der Waals surface area contributed by atoms with E-state index in [1.807, 2.05) is 30.3 Å². The summed E-state index contributed by atoms with van der Waals surface area (Å²) in [5.74, 6) is 0.0355. The molecule has 2 N–H and O–H groups in total. The molecule has 0 aliphatic rings. The van der Waals surface area contributed by atoms with Crippen molar-refractivity contribution in [2.75, 3.05) is 19.3 Å². The van der Waals surface area contributed by atoms with Crippen molar-refractivity contribution >= 4 is 21.6 Å². The lowest BCUT2D eigenvalue weighted by atomic mass is 10.1. The van der Waals surface area contributed by atoms with Crippen molar-refractivity contribution in [1.82, 2.24) is 14.3 Å². The molecule has 0 amide bonds. The molecular formula is C24H28ClFN4O2S. The van der Waals surface area contributed by atoms with Crippen LogP contribution in [0.3, 0.4) is 0 Å². The highest BCUT2D eigenvalue weighted by atomic mass is 35.5. The molecule has 176 valence electrons. The summed E-state index contributed by atoms with van der Waals surface area (Å²) in [6.07, 6.45) is 5.14. The molecule has 1 aromatic heterocycles. The molecule has 0 spiro atoms. The van der Waals surface area contributed by atoms with E-state index in [0.717, 1.165) is 24.0 Å². The van der Waals surface area contributed by atoms with E-state index >= 15 is 0 Å². The number of aromatic nitrogens is 2. The van der Waals surface area contributed by atoms with Gasteiger partial charge in [0.25, 0.3) is 0 Å². The first-order valence-corrected chi connectivity index (χ1v) is 13.0. The zero-order valence-corrected chi connectivity index (χ0v) is 20.1. The number of hydrogen-bond donors (Lipinski definition) is 1. The van der Waals surface area contributed by atoms with Crippen LogP contribution in [0, 0.1) is 5.82 Å². The standard InChI is InChI=1S/C24H28ClFN4O2S/c1-33(31,32)30(13-5-12-27)17-19-8-2-9-20(14-19)24-22(26)16-28-23(29-24)11-4-7-18-6-3-10-21(25)15-18/h2-3,6,8-10,14-16H,4-5,7,11-13,17,27H2,1H3. The van der Waals surface area contributed by atoms with Gasteiger partial charge in [-0.05, 0) is 55.1 Å². The van der Waals surface area contributed by atoms with E-state index in [9.17, 15) is 12.8 Å². The van der Waals surface area contributed by atoms with E-state index < -0.39 is 15.8 Å². The maximum Gasteiger partial charge on any atom is 0.211 e. The first-order chi connectivity index (χ1) is 15.8. The maximum absolute atomic E-state index is 14.6.